The molecule has 1 saturated carbocycles. The van der Waals surface area contributed by atoms with Gasteiger partial charge < -0.3 is 20.3 Å². The van der Waals surface area contributed by atoms with Gasteiger partial charge in [0.25, 0.3) is 15.9 Å². The predicted molar refractivity (Wildman–Crippen MR) is 129 cm³/mol. The topological polar surface area (TPSA) is 136 Å². The lowest BCUT2D eigenvalue weighted by molar-refractivity contribution is -0.148. The highest BCUT2D eigenvalue weighted by Crippen LogP contribution is 2.40. The standard InChI is InChI=1S/C24H28FN3O7S/c1-15(2)28(23(30)31)17-6-9-21-20(12-17)27(36(33,34)19-7-4-16(25)5-8-19)14-18(35-21)13-26-22(29)24(32)10-3-11-24/h4-9,12,15,18,32H,3,10-11,13-14H2,1-2H3,(H,26,29)(H,30,31). The van der Waals surface area contributed by atoms with Crippen molar-refractivity contribution in [1.82, 2.24) is 5.32 Å². The monoisotopic (exact) mass is 521 g/mol. The number of halogens is 1. The molecule has 36 heavy (non-hydrogen) atoms. The molecule has 0 spiro atoms. The smallest absolute Gasteiger partial charge is 0.412 e. The Hall–Kier alpha value is -3.38. The number of hydrogen-bond acceptors (Lipinski definition) is 6. The summed E-state index contributed by atoms with van der Waals surface area (Å²) in [6.07, 6.45) is -0.544. The van der Waals surface area contributed by atoms with Gasteiger partial charge in [0.05, 0.1) is 23.7 Å². The van der Waals surface area contributed by atoms with Crippen molar-refractivity contribution < 1.29 is 37.3 Å². The molecule has 0 aromatic heterocycles. The fourth-order valence-corrected chi connectivity index (χ4v) is 5.76. The Morgan fingerprint density at radius 3 is 2.44 bits per heavy atom. The molecule has 1 aliphatic carbocycles. The summed E-state index contributed by atoms with van der Waals surface area (Å²) in [7, 11) is -4.21. The van der Waals surface area contributed by atoms with Gasteiger partial charge in [0.15, 0.2) is 0 Å². The summed E-state index contributed by atoms with van der Waals surface area (Å²) in [5, 5.41) is 22.5. The van der Waals surface area contributed by atoms with Crippen LogP contribution in [0.3, 0.4) is 0 Å². The van der Waals surface area contributed by atoms with Gasteiger partial charge in [0.1, 0.15) is 23.3 Å². The third kappa shape index (κ3) is 4.82. The van der Waals surface area contributed by atoms with Crippen LogP contribution in [0.25, 0.3) is 0 Å². The van der Waals surface area contributed by atoms with Crippen LogP contribution in [0.2, 0.25) is 0 Å². The second-order valence-corrected chi connectivity index (χ2v) is 11.1. The molecule has 2 aromatic rings. The van der Waals surface area contributed by atoms with Gasteiger partial charge in [-0.05, 0) is 75.6 Å². The Morgan fingerprint density at radius 2 is 1.89 bits per heavy atom. The van der Waals surface area contributed by atoms with Gasteiger partial charge in [-0.2, -0.15) is 0 Å². The Morgan fingerprint density at radius 1 is 1.22 bits per heavy atom. The number of nitrogens with one attached hydrogen (secondary N) is 1. The molecule has 0 saturated heterocycles. The van der Waals surface area contributed by atoms with Crippen molar-refractivity contribution in [2.75, 3.05) is 22.3 Å². The number of benzene rings is 2. The molecule has 2 aromatic carbocycles. The number of rotatable bonds is 7. The minimum Gasteiger partial charge on any atom is -0.484 e. The molecule has 1 aliphatic heterocycles. The number of anilines is 2. The minimum atomic E-state index is -4.21. The molecule has 10 nitrogen and oxygen atoms in total. The van der Waals surface area contributed by atoms with Gasteiger partial charge in [-0.3, -0.25) is 14.0 Å². The number of carbonyl (C=O) groups excluding carboxylic acids is 1. The van der Waals surface area contributed by atoms with Gasteiger partial charge in [-0.15, -0.1) is 0 Å². The molecule has 1 heterocycles. The molecule has 0 radical (unpaired) electrons. The zero-order chi connectivity index (χ0) is 26.3. The first-order valence-electron chi connectivity index (χ1n) is 11.5. The Balaban J connectivity index is 1.70. The Labute approximate surface area is 208 Å². The number of nitrogens with zero attached hydrogens (tertiary/aromatic N) is 2. The zero-order valence-corrected chi connectivity index (χ0v) is 20.7. The van der Waals surface area contributed by atoms with E-state index in [1.165, 1.54) is 18.2 Å². The molecule has 2 amide bonds. The van der Waals surface area contributed by atoms with Crippen molar-refractivity contribution in [3.8, 4) is 5.75 Å². The van der Waals surface area contributed by atoms with Crippen LogP contribution in [0.4, 0.5) is 20.6 Å². The van der Waals surface area contributed by atoms with Crippen LogP contribution in [0.5, 0.6) is 5.75 Å². The maximum atomic E-state index is 13.6. The number of amides is 2. The molecular weight excluding hydrogens is 493 g/mol. The zero-order valence-electron chi connectivity index (χ0n) is 19.8. The van der Waals surface area contributed by atoms with Crippen molar-refractivity contribution >= 4 is 33.4 Å². The van der Waals surface area contributed by atoms with Gasteiger partial charge in [0, 0.05) is 11.7 Å². The predicted octanol–water partition coefficient (Wildman–Crippen LogP) is 2.71. The number of hydrogen-bond donors (Lipinski definition) is 3. The molecule has 194 valence electrons. The van der Waals surface area contributed by atoms with Crippen molar-refractivity contribution in [1.29, 1.82) is 0 Å². The number of ether oxygens (including phenoxy) is 1. The summed E-state index contributed by atoms with van der Waals surface area (Å²) in [6, 6.07) is 8.33. The molecule has 0 bridgehead atoms. The summed E-state index contributed by atoms with van der Waals surface area (Å²) < 4.78 is 47.7. The van der Waals surface area contributed by atoms with Crippen molar-refractivity contribution in [2.24, 2.45) is 0 Å². The normalized spacial score (nSPS) is 18.6. The first-order valence-corrected chi connectivity index (χ1v) is 13.0. The highest BCUT2D eigenvalue weighted by Gasteiger charge is 2.43. The molecule has 1 unspecified atom stereocenters. The van der Waals surface area contributed by atoms with Crippen LogP contribution < -0.4 is 19.3 Å². The fraction of sp³-hybridized carbons (Fsp3) is 0.417. The van der Waals surface area contributed by atoms with Crippen LogP contribution in [0.15, 0.2) is 47.4 Å². The van der Waals surface area contributed by atoms with E-state index in [9.17, 15) is 32.6 Å². The quantitative estimate of drug-likeness (QED) is 0.510. The van der Waals surface area contributed by atoms with E-state index >= 15 is 0 Å². The van der Waals surface area contributed by atoms with Crippen LogP contribution in [-0.2, 0) is 14.8 Å². The molecular formula is C24H28FN3O7S. The summed E-state index contributed by atoms with van der Waals surface area (Å²) >= 11 is 0. The van der Waals surface area contributed by atoms with E-state index in [1.807, 2.05) is 0 Å². The van der Waals surface area contributed by atoms with E-state index in [0.717, 1.165) is 39.9 Å². The second-order valence-electron chi connectivity index (χ2n) is 9.22. The van der Waals surface area contributed by atoms with Crippen LogP contribution in [-0.4, -0.2) is 61.5 Å². The van der Waals surface area contributed by atoms with Crippen molar-refractivity contribution in [3.63, 3.8) is 0 Å². The maximum absolute atomic E-state index is 13.6. The van der Waals surface area contributed by atoms with E-state index in [-0.39, 0.29) is 35.1 Å². The van der Waals surface area contributed by atoms with Crippen molar-refractivity contribution in [3.05, 3.63) is 48.3 Å². The highest BCUT2D eigenvalue weighted by atomic mass is 32.2. The third-order valence-corrected chi connectivity index (χ3v) is 8.16. The van der Waals surface area contributed by atoms with E-state index < -0.39 is 45.6 Å². The Kier molecular flexibility index (Phi) is 6.84. The number of carbonyl (C=O) groups is 2. The average Bonchev–Trinajstić information content (AvgIpc) is 2.80. The maximum Gasteiger partial charge on any atom is 0.412 e. The van der Waals surface area contributed by atoms with E-state index in [4.69, 9.17) is 4.74 Å². The first kappa shape index (κ1) is 25.7. The summed E-state index contributed by atoms with van der Waals surface area (Å²) in [4.78, 5) is 25.1. The Bertz CT molecular complexity index is 1260. The van der Waals surface area contributed by atoms with Crippen LogP contribution >= 0.6 is 0 Å². The van der Waals surface area contributed by atoms with E-state index in [2.05, 4.69) is 5.32 Å². The van der Waals surface area contributed by atoms with Crippen molar-refractivity contribution in [2.45, 2.75) is 55.8 Å². The minimum absolute atomic E-state index is 0.0645. The fourth-order valence-electron chi connectivity index (χ4n) is 4.26. The summed E-state index contributed by atoms with van der Waals surface area (Å²) in [5.41, 5.74) is -1.06. The highest BCUT2D eigenvalue weighted by molar-refractivity contribution is 7.92. The number of aliphatic hydroxyl groups is 1. The van der Waals surface area contributed by atoms with E-state index in [1.54, 1.807) is 13.8 Å². The second kappa shape index (κ2) is 9.58. The third-order valence-electron chi connectivity index (χ3n) is 6.37. The van der Waals surface area contributed by atoms with Crippen LogP contribution in [0.1, 0.15) is 33.1 Å². The molecule has 1 atom stereocenters. The number of carboxylic acid groups (broad SMARTS) is 1. The van der Waals surface area contributed by atoms with E-state index in [0.29, 0.717) is 12.8 Å². The number of sulfonamides is 1. The molecule has 12 heteroatoms. The summed E-state index contributed by atoms with van der Waals surface area (Å²) in [6.45, 7) is 3.10. The molecule has 3 N–H and O–H groups in total. The largest absolute Gasteiger partial charge is 0.484 e. The average molecular weight is 522 g/mol. The molecule has 4 rings (SSSR count). The lowest BCUT2D eigenvalue weighted by Gasteiger charge is -2.38. The van der Waals surface area contributed by atoms with Gasteiger partial charge >= 0.3 is 6.09 Å². The van der Waals surface area contributed by atoms with Crippen LogP contribution in [0, 0.1) is 5.82 Å². The van der Waals surface area contributed by atoms with Gasteiger partial charge in [-0.25, -0.2) is 17.6 Å². The van der Waals surface area contributed by atoms with Gasteiger partial charge in [-0.1, -0.05) is 0 Å². The first-order chi connectivity index (χ1) is 16.9. The SMILES string of the molecule is CC(C)N(C(=O)O)c1ccc2c(c1)N(S(=O)(=O)c1ccc(F)cc1)CC(CNC(=O)C1(O)CCC1)O2. The van der Waals surface area contributed by atoms with Gasteiger partial charge in [0.2, 0.25) is 0 Å². The number of fused-ring (bicyclic) bond motifs is 1. The molecule has 1 fully saturated rings. The lowest BCUT2D eigenvalue weighted by Crippen LogP contribution is -2.55. The molecule has 2 aliphatic rings. The summed E-state index contributed by atoms with van der Waals surface area (Å²) in [5.74, 6) is -0.964. The lowest BCUT2D eigenvalue weighted by atomic mass is 9.79.